The van der Waals surface area contributed by atoms with E-state index in [0.29, 0.717) is 24.1 Å². The van der Waals surface area contributed by atoms with Crippen molar-refractivity contribution in [3.8, 4) is 0 Å². The quantitative estimate of drug-likeness (QED) is 0.451. The number of carbonyl (C=O) groups excluding carboxylic acids is 2. The minimum absolute atomic E-state index is 0.0326. The fraction of sp³-hybridized carbons (Fsp3) is 0.259. The van der Waals surface area contributed by atoms with Crippen LogP contribution in [0.25, 0.3) is 0 Å². The van der Waals surface area contributed by atoms with Gasteiger partial charge >= 0.3 is 5.97 Å². The van der Waals surface area contributed by atoms with Gasteiger partial charge in [-0.3, -0.25) is 9.69 Å². The van der Waals surface area contributed by atoms with Crippen molar-refractivity contribution >= 4 is 27.6 Å². The van der Waals surface area contributed by atoms with Gasteiger partial charge in [-0.15, -0.1) is 0 Å². The molecule has 0 aliphatic carbocycles. The van der Waals surface area contributed by atoms with Crippen molar-refractivity contribution in [2.24, 2.45) is 0 Å². The first-order chi connectivity index (χ1) is 17.3. The van der Waals surface area contributed by atoms with Gasteiger partial charge in [0.15, 0.2) is 0 Å². The lowest BCUT2D eigenvalue weighted by atomic mass is 10.1. The number of hydrogen-bond donors (Lipinski definition) is 2. The van der Waals surface area contributed by atoms with E-state index in [4.69, 9.17) is 4.74 Å². The molecule has 3 aromatic carbocycles. The number of methoxy groups -OCH3 is 1. The number of nitrogens with zero attached hydrogens (tertiary/aromatic N) is 1. The predicted octanol–water partition coefficient (Wildman–Crippen LogP) is 3.67. The van der Waals surface area contributed by atoms with Crippen LogP contribution in [0.2, 0.25) is 0 Å². The van der Waals surface area contributed by atoms with E-state index < -0.39 is 21.9 Å². The Morgan fingerprint density at radius 3 is 2.33 bits per heavy atom. The van der Waals surface area contributed by atoms with Crippen molar-refractivity contribution in [2.45, 2.75) is 30.3 Å². The molecule has 1 saturated heterocycles. The Bertz CT molecular complexity index is 1320. The molecule has 1 aliphatic rings. The molecule has 2 N–H and O–H groups in total. The molecule has 1 aliphatic heterocycles. The first kappa shape index (κ1) is 25.6. The minimum Gasteiger partial charge on any atom is -0.465 e. The summed E-state index contributed by atoms with van der Waals surface area (Å²) in [7, 11) is -2.52. The Kier molecular flexibility index (Phi) is 8.14. The van der Waals surface area contributed by atoms with Crippen LogP contribution in [-0.4, -0.2) is 51.4 Å². The van der Waals surface area contributed by atoms with Gasteiger partial charge < -0.3 is 10.1 Å². The first-order valence-corrected chi connectivity index (χ1v) is 13.2. The number of esters is 1. The Labute approximate surface area is 211 Å². The summed E-state index contributed by atoms with van der Waals surface area (Å²) in [5.41, 5.74) is 2.13. The van der Waals surface area contributed by atoms with E-state index >= 15 is 0 Å². The van der Waals surface area contributed by atoms with Gasteiger partial charge in [-0.25, -0.2) is 17.9 Å². The summed E-state index contributed by atoms with van der Waals surface area (Å²) in [4.78, 5) is 26.9. The molecule has 0 spiro atoms. The number of hydrogen-bond acceptors (Lipinski definition) is 6. The van der Waals surface area contributed by atoms with Gasteiger partial charge in [-0.2, -0.15) is 0 Å². The predicted molar refractivity (Wildman–Crippen MR) is 137 cm³/mol. The van der Waals surface area contributed by atoms with Gasteiger partial charge in [0.25, 0.3) is 5.91 Å². The second-order valence-electron chi connectivity index (χ2n) is 8.71. The summed E-state index contributed by atoms with van der Waals surface area (Å²) >= 11 is 0. The van der Waals surface area contributed by atoms with E-state index in [9.17, 15) is 18.0 Å². The largest absolute Gasteiger partial charge is 0.465 e. The van der Waals surface area contributed by atoms with Crippen LogP contribution in [0.1, 0.15) is 39.1 Å². The molecule has 9 heteroatoms. The first-order valence-electron chi connectivity index (χ1n) is 11.7. The minimum atomic E-state index is -3.80. The number of amides is 1. The lowest BCUT2D eigenvalue weighted by Gasteiger charge is -2.32. The summed E-state index contributed by atoms with van der Waals surface area (Å²) in [6.07, 6.45) is 1.42. The zero-order chi connectivity index (χ0) is 25.5. The molecule has 3 aromatic rings. The monoisotopic (exact) mass is 507 g/mol. The summed E-state index contributed by atoms with van der Waals surface area (Å²) in [5.74, 6) is -1.00. The van der Waals surface area contributed by atoms with Crippen molar-refractivity contribution in [2.75, 3.05) is 25.5 Å². The van der Waals surface area contributed by atoms with E-state index in [1.807, 2.05) is 18.2 Å². The number of benzene rings is 3. The van der Waals surface area contributed by atoms with E-state index in [2.05, 4.69) is 27.1 Å². The summed E-state index contributed by atoms with van der Waals surface area (Å²) in [6.45, 7) is 2.45. The molecule has 0 atom stereocenters. The van der Waals surface area contributed by atoms with Crippen molar-refractivity contribution < 1.29 is 22.7 Å². The molecule has 8 nitrogen and oxygen atoms in total. The third kappa shape index (κ3) is 6.57. The van der Waals surface area contributed by atoms with E-state index in [-0.39, 0.29) is 16.5 Å². The van der Waals surface area contributed by atoms with Crippen LogP contribution in [0, 0.1) is 0 Å². The van der Waals surface area contributed by atoms with Gasteiger partial charge in [0.1, 0.15) is 0 Å². The fourth-order valence-corrected chi connectivity index (χ4v) is 5.54. The van der Waals surface area contributed by atoms with Crippen LogP contribution in [-0.2, 0) is 21.3 Å². The molecule has 188 valence electrons. The molecule has 0 bridgehead atoms. The molecule has 1 amide bonds. The zero-order valence-electron chi connectivity index (χ0n) is 20.0. The highest BCUT2D eigenvalue weighted by molar-refractivity contribution is 7.89. The second-order valence-corrected chi connectivity index (χ2v) is 10.4. The van der Waals surface area contributed by atoms with Gasteiger partial charge in [-0.1, -0.05) is 42.5 Å². The van der Waals surface area contributed by atoms with Crippen LogP contribution in [0.5, 0.6) is 0 Å². The number of rotatable bonds is 8. The Balaban J connectivity index is 1.37. The van der Waals surface area contributed by atoms with Crippen molar-refractivity contribution in [1.29, 1.82) is 0 Å². The van der Waals surface area contributed by atoms with E-state index in [0.717, 1.165) is 19.6 Å². The fourth-order valence-electron chi connectivity index (χ4n) is 4.19. The Hall–Kier alpha value is -3.53. The molecular weight excluding hydrogens is 478 g/mol. The third-order valence-electron chi connectivity index (χ3n) is 6.11. The average molecular weight is 508 g/mol. The molecule has 1 fully saturated rings. The summed E-state index contributed by atoms with van der Waals surface area (Å²) < 4.78 is 33.6. The van der Waals surface area contributed by atoms with Crippen LogP contribution < -0.4 is 10.0 Å². The lowest BCUT2D eigenvalue weighted by molar-refractivity contribution is 0.0600. The van der Waals surface area contributed by atoms with Gasteiger partial charge in [0.05, 0.1) is 17.6 Å². The normalized spacial score (nSPS) is 14.8. The molecule has 1 heterocycles. The maximum absolute atomic E-state index is 13.1. The SMILES string of the molecule is COC(=O)c1cccc(NC(=O)c2cccc(S(=O)(=O)NC3CCN(Cc4ccccc4)CC3)c2)c1. The standard InChI is InChI=1S/C27H29N3O5S/c1-35-27(32)22-10-5-11-24(17-22)28-26(31)21-9-6-12-25(18-21)36(33,34)29-23-13-15-30(16-14-23)19-20-7-3-2-4-8-20/h2-12,17-18,23,29H,13-16,19H2,1H3,(H,28,31). The Morgan fingerprint density at radius 1 is 0.917 bits per heavy atom. The van der Waals surface area contributed by atoms with Crippen LogP contribution in [0.4, 0.5) is 5.69 Å². The van der Waals surface area contributed by atoms with Gasteiger partial charge in [0.2, 0.25) is 10.0 Å². The topological polar surface area (TPSA) is 105 Å². The van der Waals surface area contributed by atoms with Crippen molar-refractivity contribution in [1.82, 2.24) is 9.62 Å². The Morgan fingerprint density at radius 2 is 1.61 bits per heavy atom. The zero-order valence-corrected chi connectivity index (χ0v) is 20.8. The van der Waals surface area contributed by atoms with Crippen LogP contribution in [0.15, 0.2) is 83.8 Å². The summed E-state index contributed by atoms with van der Waals surface area (Å²) in [6, 6.07) is 22.3. The van der Waals surface area contributed by atoms with Crippen LogP contribution in [0.3, 0.4) is 0 Å². The highest BCUT2D eigenvalue weighted by Gasteiger charge is 2.25. The maximum Gasteiger partial charge on any atom is 0.337 e. The molecule has 4 rings (SSSR count). The number of nitrogens with one attached hydrogen (secondary N) is 2. The molecule has 0 aromatic heterocycles. The molecular formula is C27H29N3O5S. The number of anilines is 1. The number of sulfonamides is 1. The van der Waals surface area contributed by atoms with Gasteiger partial charge in [-0.05, 0) is 54.8 Å². The molecule has 0 saturated carbocycles. The molecule has 0 unspecified atom stereocenters. The number of ether oxygens (including phenoxy) is 1. The molecule has 0 radical (unpaired) electrons. The van der Waals surface area contributed by atoms with E-state index in [1.165, 1.54) is 36.9 Å². The maximum atomic E-state index is 13.1. The van der Waals surface area contributed by atoms with Crippen molar-refractivity contribution in [3.05, 3.63) is 95.6 Å². The number of carbonyl (C=O) groups is 2. The average Bonchev–Trinajstić information content (AvgIpc) is 2.90. The third-order valence-corrected chi connectivity index (χ3v) is 7.62. The highest BCUT2D eigenvalue weighted by Crippen LogP contribution is 2.19. The smallest absolute Gasteiger partial charge is 0.337 e. The summed E-state index contributed by atoms with van der Waals surface area (Å²) in [5, 5.41) is 2.69. The van der Waals surface area contributed by atoms with Crippen molar-refractivity contribution in [3.63, 3.8) is 0 Å². The van der Waals surface area contributed by atoms with E-state index in [1.54, 1.807) is 24.3 Å². The second kappa shape index (κ2) is 11.5. The van der Waals surface area contributed by atoms with Gasteiger partial charge in [0, 0.05) is 36.9 Å². The number of piperidine rings is 1. The molecule has 36 heavy (non-hydrogen) atoms. The lowest BCUT2D eigenvalue weighted by Crippen LogP contribution is -2.44. The van der Waals surface area contributed by atoms with Crippen LogP contribution >= 0.6 is 0 Å². The number of likely N-dealkylation sites (tertiary alicyclic amines) is 1. The highest BCUT2D eigenvalue weighted by atomic mass is 32.2.